The monoisotopic (exact) mass is 296 g/mol. The fourth-order valence-electron chi connectivity index (χ4n) is 2.91. The fraction of sp³-hybridized carbons (Fsp3) is 0.600. The first kappa shape index (κ1) is 13.5. The van der Waals surface area contributed by atoms with E-state index in [1.165, 1.54) is 37.2 Å². The summed E-state index contributed by atoms with van der Waals surface area (Å²) in [6.07, 6.45) is 4.84. The number of rotatable bonds is 3. The molecule has 2 saturated heterocycles. The van der Waals surface area contributed by atoms with Crippen LogP contribution in [0.2, 0.25) is 0 Å². The second-order valence-electron chi connectivity index (χ2n) is 5.16. The number of ether oxygens (including phenoxy) is 1. The van der Waals surface area contributed by atoms with E-state index in [1.807, 2.05) is 35.7 Å². The highest BCUT2D eigenvalue weighted by Crippen LogP contribution is 2.50. The number of methoxy groups -OCH3 is 1. The van der Waals surface area contributed by atoms with Gasteiger partial charge in [0.25, 0.3) is 0 Å². The van der Waals surface area contributed by atoms with Gasteiger partial charge in [-0.15, -0.1) is 0 Å². The van der Waals surface area contributed by atoms with Gasteiger partial charge in [0.15, 0.2) is 0 Å². The number of phenols is 1. The quantitative estimate of drug-likeness (QED) is 0.887. The normalized spacial score (nSPS) is 26.8. The van der Waals surface area contributed by atoms with Gasteiger partial charge in [-0.1, -0.05) is 0 Å². The molecule has 2 aliphatic heterocycles. The minimum Gasteiger partial charge on any atom is -0.507 e. The van der Waals surface area contributed by atoms with Crippen molar-refractivity contribution < 1.29 is 9.84 Å². The van der Waals surface area contributed by atoms with Crippen molar-refractivity contribution in [2.45, 2.75) is 36.2 Å². The highest BCUT2D eigenvalue weighted by atomic mass is 32.2. The van der Waals surface area contributed by atoms with Crippen LogP contribution in [0.15, 0.2) is 12.1 Å². The predicted molar refractivity (Wildman–Crippen MR) is 83.5 cm³/mol. The molecule has 0 amide bonds. The topological polar surface area (TPSA) is 29.5 Å². The summed E-state index contributed by atoms with van der Waals surface area (Å²) in [4.78, 5) is 0. The van der Waals surface area contributed by atoms with Gasteiger partial charge < -0.3 is 9.84 Å². The number of thioether (sulfide) groups is 2. The van der Waals surface area contributed by atoms with E-state index in [1.54, 1.807) is 7.11 Å². The third kappa shape index (κ3) is 2.70. The van der Waals surface area contributed by atoms with Gasteiger partial charge in [-0.25, -0.2) is 0 Å². The Kier molecular flexibility index (Phi) is 4.18. The lowest BCUT2D eigenvalue weighted by molar-refractivity contribution is 0.408. The van der Waals surface area contributed by atoms with Crippen molar-refractivity contribution in [2.24, 2.45) is 0 Å². The summed E-state index contributed by atoms with van der Waals surface area (Å²) in [6, 6.07) is 4.06. The summed E-state index contributed by atoms with van der Waals surface area (Å²) in [5.41, 5.74) is 2.17. The lowest BCUT2D eigenvalue weighted by Crippen LogP contribution is -1.98. The molecule has 3 rings (SSSR count). The van der Waals surface area contributed by atoms with Crippen LogP contribution in [0.25, 0.3) is 0 Å². The summed E-state index contributed by atoms with van der Waals surface area (Å²) < 4.78 is 5.44. The van der Waals surface area contributed by atoms with E-state index >= 15 is 0 Å². The van der Waals surface area contributed by atoms with E-state index < -0.39 is 0 Å². The number of hydrogen-bond donors (Lipinski definition) is 1. The lowest BCUT2D eigenvalue weighted by Gasteiger charge is -2.19. The molecule has 0 aromatic heterocycles. The van der Waals surface area contributed by atoms with Gasteiger partial charge in [0.1, 0.15) is 11.5 Å². The number of hydrogen-bond acceptors (Lipinski definition) is 4. The molecular weight excluding hydrogens is 276 g/mol. The Balaban J connectivity index is 2.00. The summed E-state index contributed by atoms with van der Waals surface area (Å²) in [7, 11) is 1.71. The fourth-order valence-corrected chi connectivity index (χ4v) is 5.53. The first-order valence-electron chi connectivity index (χ1n) is 6.93. The Labute approximate surface area is 123 Å². The molecule has 0 radical (unpaired) electrons. The first-order chi connectivity index (χ1) is 9.29. The largest absolute Gasteiger partial charge is 0.507 e. The highest BCUT2D eigenvalue weighted by molar-refractivity contribution is 8.00. The van der Waals surface area contributed by atoms with Crippen LogP contribution in [0, 0.1) is 0 Å². The smallest absolute Gasteiger partial charge is 0.124 e. The van der Waals surface area contributed by atoms with E-state index in [4.69, 9.17) is 4.74 Å². The molecule has 1 aromatic carbocycles. The molecule has 0 saturated carbocycles. The molecule has 2 aliphatic rings. The van der Waals surface area contributed by atoms with Gasteiger partial charge in [0, 0.05) is 21.6 Å². The minimum absolute atomic E-state index is 0.445. The predicted octanol–water partition coefficient (Wildman–Crippen LogP) is 4.54. The number of benzene rings is 1. The van der Waals surface area contributed by atoms with Gasteiger partial charge in [-0.2, -0.15) is 23.5 Å². The zero-order chi connectivity index (χ0) is 13.2. The van der Waals surface area contributed by atoms with Gasteiger partial charge in [-0.05, 0) is 49.3 Å². The van der Waals surface area contributed by atoms with Crippen LogP contribution in [0.5, 0.6) is 11.5 Å². The summed E-state index contributed by atoms with van der Waals surface area (Å²) in [5, 5.41) is 11.5. The zero-order valence-corrected chi connectivity index (χ0v) is 12.9. The van der Waals surface area contributed by atoms with Gasteiger partial charge in [-0.3, -0.25) is 0 Å². The highest BCUT2D eigenvalue weighted by Gasteiger charge is 2.27. The van der Waals surface area contributed by atoms with Crippen molar-refractivity contribution in [3.05, 3.63) is 23.3 Å². The van der Waals surface area contributed by atoms with E-state index in [9.17, 15) is 5.11 Å². The molecule has 0 spiro atoms. The summed E-state index contributed by atoms with van der Waals surface area (Å²) in [5.74, 6) is 3.83. The van der Waals surface area contributed by atoms with E-state index in [0.717, 1.165) is 16.9 Å². The number of aromatic hydroxyl groups is 1. The van der Waals surface area contributed by atoms with Crippen LogP contribution in [-0.2, 0) is 0 Å². The van der Waals surface area contributed by atoms with Crippen LogP contribution < -0.4 is 4.74 Å². The zero-order valence-electron chi connectivity index (χ0n) is 11.2. The molecular formula is C15H20O2S2. The third-order valence-electron chi connectivity index (χ3n) is 3.93. The Hall–Kier alpha value is -0.480. The van der Waals surface area contributed by atoms with E-state index in [2.05, 4.69) is 0 Å². The Morgan fingerprint density at radius 1 is 1.05 bits per heavy atom. The van der Waals surface area contributed by atoms with Gasteiger partial charge in [0.05, 0.1) is 7.11 Å². The van der Waals surface area contributed by atoms with Crippen LogP contribution >= 0.6 is 23.5 Å². The summed E-state index contributed by atoms with van der Waals surface area (Å²) >= 11 is 3.92. The molecule has 104 valence electrons. The van der Waals surface area contributed by atoms with Crippen molar-refractivity contribution in [2.75, 3.05) is 18.6 Å². The third-order valence-corrected chi connectivity index (χ3v) is 6.76. The second kappa shape index (κ2) is 5.88. The SMILES string of the molecule is COc1cc(C2CCCS2)c(O)c(C2CCCS2)c1. The molecule has 1 N–H and O–H groups in total. The molecule has 2 heterocycles. The van der Waals surface area contributed by atoms with E-state index in [-0.39, 0.29) is 0 Å². The maximum Gasteiger partial charge on any atom is 0.124 e. The van der Waals surface area contributed by atoms with Crippen molar-refractivity contribution in [3.63, 3.8) is 0 Å². The molecule has 0 bridgehead atoms. The molecule has 1 aromatic rings. The van der Waals surface area contributed by atoms with Crippen LogP contribution in [0.1, 0.15) is 47.3 Å². The summed E-state index contributed by atoms with van der Waals surface area (Å²) in [6.45, 7) is 0. The standard InChI is InChI=1S/C15H20O2S2/c1-17-10-8-11(13-4-2-6-18-13)15(16)12(9-10)14-5-3-7-19-14/h8-9,13-14,16H,2-7H2,1H3. The van der Waals surface area contributed by atoms with Crippen molar-refractivity contribution in [3.8, 4) is 11.5 Å². The van der Waals surface area contributed by atoms with Gasteiger partial charge >= 0.3 is 0 Å². The number of phenolic OH excluding ortho intramolecular Hbond substituents is 1. The molecule has 2 fully saturated rings. The van der Waals surface area contributed by atoms with E-state index in [0.29, 0.717) is 16.2 Å². The maximum atomic E-state index is 10.6. The molecule has 2 atom stereocenters. The molecule has 2 unspecified atom stereocenters. The van der Waals surface area contributed by atoms with Crippen molar-refractivity contribution >= 4 is 23.5 Å². The minimum atomic E-state index is 0.445. The maximum absolute atomic E-state index is 10.6. The molecule has 0 aliphatic carbocycles. The Bertz CT molecular complexity index is 412. The van der Waals surface area contributed by atoms with Gasteiger partial charge in [0.2, 0.25) is 0 Å². The average molecular weight is 296 g/mol. The first-order valence-corrected chi connectivity index (χ1v) is 9.03. The average Bonchev–Trinajstić information content (AvgIpc) is 3.12. The second-order valence-corrected chi connectivity index (χ2v) is 7.78. The Morgan fingerprint density at radius 2 is 1.58 bits per heavy atom. The molecule has 2 nitrogen and oxygen atoms in total. The van der Waals surface area contributed by atoms with Crippen molar-refractivity contribution in [1.29, 1.82) is 0 Å². The lowest BCUT2D eigenvalue weighted by atomic mass is 9.99. The van der Waals surface area contributed by atoms with Crippen LogP contribution in [0.3, 0.4) is 0 Å². The van der Waals surface area contributed by atoms with Crippen molar-refractivity contribution in [1.82, 2.24) is 0 Å². The van der Waals surface area contributed by atoms with Crippen LogP contribution in [-0.4, -0.2) is 23.7 Å². The molecule has 4 heteroatoms. The Morgan fingerprint density at radius 3 is 1.95 bits per heavy atom. The van der Waals surface area contributed by atoms with Crippen LogP contribution in [0.4, 0.5) is 0 Å². The molecule has 19 heavy (non-hydrogen) atoms.